The lowest BCUT2D eigenvalue weighted by atomic mass is 9.83. The summed E-state index contributed by atoms with van der Waals surface area (Å²) in [7, 11) is 0. The van der Waals surface area contributed by atoms with E-state index >= 15 is 0 Å². The van der Waals surface area contributed by atoms with Crippen LogP contribution in [-0.4, -0.2) is 59.0 Å². The number of rotatable bonds is 7. The van der Waals surface area contributed by atoms with Gasteiger partial charge in [-0.15, -0.1) is 0 Å². The van der Waals surface area contributed by atoms with E-state index in [-0.39, 0.29) is 29.9 Å². The van der Waals surface area contributed by atoms with E-state index in [0.717, 1.165) is 12.0 Å². The zero-order valence-corrected chi connectivity index (χ0v) is 19.0. The van der Waals surface area contributed by atoms with Crippen molar-refractivity contribution in [3.63, 3.8) is 0 Å². The molecular weight excluding hydrogens is 396 g/mol. The number of ether oxygens (including phenoxy) is 2. The molecule has 1 atom stereocenters. The third-order valence-corrected chi connectivity index (χ3v) is 5.65. The normalized spacial score (nSPS) is 19.4. The molecule has 170 valence electrons. The molecule has 1 aromatic carbocycles. The van der Waals surface area contributed by atoms with Gasteiger partial charge in [-0.25, -0.2) is 4.79 Å². The Kier molecular flexibility index (Phi) is 7.36. The Morgan fingerprint density at radius 1 is 1.06 bits per heavy atom. The van der Waals surface area contributed by atoms with Crippen molar-refractivity contribution in [2.24, 2.45) is 11.8 Å². The van der Waals surface area contributed by atoms with Crippen LogP contribution >= 0.6 is 0 Å². The molecule has 2 fully saturated rings. The van der Waals surface area contributed by atoms with E-state index < -0.39 is 5.60 Å². The number of imide groups is 1. The lowest BCUT2D eigenvalue weighted by Crippen LogP contribution is -2.53. The van der Waals surface area contributed by atoms with Gasteiger partial charge in [0.25, 0.3) is 0 Å². The smallest absolute Gasteiger partial charge is 0.410 e. The van der Waals surface area contributed by atoms with Gasteiger partial charge in [-0.2, -0.15) is 0 Å². The molecule has 0 saturated carbocycles. The minimum Gasteiger partial charge on any atom is -0.444 e. The summed E-state index contributed by atoms with van der Waals surface area (Å²) >= 11 is 0. The highest BCUT2D eigenvalue weighted by Crippen LogP contribution is 2.31. The topological polar surface area (TPSA) is 76.2 Å². The van der Waals surface area contributed by atoms with Gasteiger partial charge in [0.15, 0.2) is 0 Å². The second-order valence-corrected chi connectivity index (χ2v) is 9.77. The lowest BCUT2D eigenvalue weighted by Gasteiger charge is -2.42. The van der Waals surface area contributed by atoms with Crippen LogP contribution in [-0.2, 0) is 25.7 Å². The molecule has 0 bridgehead atoms. The number of benzene rings is 1. The zero-order chi connectivity index (χ0) is 22.6. The van der Waals surface area contributed by atoms with Crippen LogP contribution in [0.4, 0.5) is 4.79 Å². The van der Waals surface area contributed by atoms with E-state index in [0.29, 0.717) is 45.1 Å². The van der Waals surface area contributed by atoms with Crippen molar-refractivity contribution in [1.29, 1.82) is 0 Å². The minimum absolute atomic E-state index is 0.0412. The molecule has 1 aromatic rings. The molecule has 0 aliphatic carbocycles. The summed E-state index contributed by atoms with van der Waals surface area (Å²) in [4.78, 5) is 40.4. The Labute approximate surface area is 184 Å². The summed E-state index contributed by atoms with van der Waals surface area (Å²) in [5.41, 5.74) is 0.557. The summed E-state index contributed by atoms with van der Waals surface area (Å²) in [5.74, 6) is 0.108. The molecule has 2 heterocycles. The number of carbonyl (C=O) groups excluding carboxylic acids is 3. The quantitative estimate of drug-likeness (QED) is 0.618. The zero-order valence-electron chi connectivity index (χ0n) is 19.0. The first-order valence-corrected chi connectivity index (χ1v) is 11.1. The van der Waals surface area contributed by atoms with Crippen LogP contribution in [0.5, 0.6) is 0 Å². The maximum atomic E-state index is 12.7. The number of hydrogen-bond acceptors (Lipinski definition) is 5. The molecule has 2 aliphatic rings. The average molecular weight is 431 g/mol. The summed E-state index contributed by atoms with van der Waals surface area (Å²) in [5, 5.41) is 0. The first-order chi connectivity index (χ1) is 14.6. The number of amides is 3. The third-order valence-electron chi connectivity index (χ3n) is 5.65. The number of likely N-dealkylation sites (tertiary alicyclic amines) is 2. The molecule has 31 heavy (non-hydrogen) atoms. The Bertz CT molecular complexity index is 765. The van der Waals surface area contributed by atoms with Crippen LogP contribution < -0.4 is 0 Å². The van der Waals surface area contributed by atoms with Crippen molar-refractivity contribution in [2.75, 3.05) is 19.7 Å². The van der Waals surface area contributed by atoms with Gasteiger partial charge < -0.3 is 14.4 Å². The summed E-state index contributed by atoms with van der Waals surface area (Å²) in [6.45, 7) is 9.43. The van der Waals surface area contributed by atoms with Crippen LogP contribution in [0.3, 0.4) is 0 Å². The number of nitrogens with zero attached hydrogens (tertiary/aromatic N) is 2. The fourth-order valence-electron chi connectivity index (χ4n) is 4.22. The molecule has 0 N–H and O–H groups in total. The van der Waals surface area contributed by atoms with Crippen molar-refractivity contribution in [3.05, 3.63) is 35.9 Å². The van der Waals surface area contributed by atoms with Gasteiger partial charge >= 0.3 is 6.09 Å². The fourth-order valence-corrected chi connectivity index (χ4v) is 4.22. The molecule has 0 unspecified atom stereocenters. The predicted molar refractivity (Wildman–Crippen MR) is 116 cm³/mol. The highest BCUT2D eigenvalue weighted by molar-refractivity contribution is 5.98. The number of carbonyl (C=O) groups is 3. The molecule has 2 saturated heterocycles. The largest absolute Gasteiger partial charge is 0.444 e. The second kappa shape index (κ2) is 9.81. The van der Waals surface area contributed by atoms with Crippen LogP contribution in [0.2, 0.25) is 0 Å². The Hall–Kier alpha value is -2.41. The van der Waals surface area contributed by atoms with Crippen molar-refractivity contribution in [2.45, 2.75) is 65.2 Å². The van der Waals surface area contributed by atoms with Crippen molar-refractivity contribution in [1.82, 2.24) is 9.80 Å². The number of hydrogen-bond donors (Lipinski definition) is 0. The van der Waals surface area contributed by atoms with E-state index in [4.69, 9.17) is 9.47 Å². The van der Waals surface area contributed by atoms with Gasteiger partial charge in [0.2, 0.25) is 11.8 Å². The Balaban J connectivity index is 1.40. The standard InChI is InChI=1S/C24H34N2O5/c1-17(15-30-16-18-8-6-5-7-9-18)26-21(27)11-19(12-22(26)28)10-20-13-25(14-20)23(29)31-24(2,3)4/h5-9,17,19-20H,10-16H2,1-4H3/t17-/m0/s1. The van der Waals surface area contributed by atoms with E-state index in [1.807, 2.05) is 58.0 Å². The Morgan fingerprint density at radius 2 is 1.68 bits per heavy atom. The second-order valence-electron chi connectivity index (χ2n) is 9.77. The van der Waals surface area contributed by atoms with Gasteiger partial charge in [0.05, 0.1) is 19.3 Å². The van der Waals surface area contributed by atoms with Gasteiger partial charge in [0.1, 0.15) is 5.60 Å². The van der Waals surface area contributed by atoms with Crippen LogP contribution in [0.25, 0.3) is 0 Å². The molecule has 2 aliphatic heterocycles. The monoisotopic (exact) mass is 430 g/mol. The summed E-state index contributed by atoms with van der Waals surface area (Å²) in [6, 6.07) is 9.54. The summed E-state index contributed by atoms with van der Waals surface area (Å²) in [6.07, 6.45) is 1.23. The maximum absolute atomic E-state index is 12.7. The van der Waals surface area contributed by atoms with Gasteiger partial charge in [-0.3, -0.25) is 14.5 Å². The third kappa shape index (κ3) is 6.53. The molecule has 0 spiro atoms. The SMILES string of the molecule is C[C@@H](COCc1ccccc1)N1C(=O)CC(CC2CN(C(=O)OC(C)(C)C)C2)CC1=O. The van der Waals surface area contributed by atoms with Crippen LogP contribution in [0.1, 0.15) is 52.5 Å². The molecule has 3 rings (SSSR count). The molecule has 7 nitrogen and oxygen atoms in total. The highest BCUT2D eigenvalue weighted by atomic mass is 16.6. The van der Waals surface area contributed by atoms with Crippen LogP contribution in [0, 0.1) is 11.8 Å². The van der Waals surface area contributed by atoms with Gasteiger partial charge in [-0.1, -0.05) is 30.3 Å². The summed E-state index contributed by atoms with van der Waals surface area (Å²) < 4.78 is 11.1. The van der Waals surface area contributed by atoms with Crippen LogP contribution in [0.15, 0.2) is 30.3 Å². The van der Waals surface area contributed by atoms with E-state index in [1.54, 1.807) is 4.90 Å². The maximum Gasteiger partial charge on any atom is 0.410 e. The van der Waals surface area contributed by atoms with Gasteiger partial charge in [0, 0.05) is 25.9 Å². The average Bonchev–Trinajstić information content (AvgIpc) is 2.63. The fraction of sp³-hybridized carbons (Fsp3) is 0.625. The Morgan fingerprint density at radius 3 is 2.26 bits per heavy atom. The lowest BCUT2D eigenvalue weighted by molar-refractivity contribution is -0.154. The van der Waals surface area contributed by atoms with Crippen molar-refractivity contribution >= 4 is 17.9 Å². The van der Waals surface area contributed by atoms with E-state index in [1.165, 1.54) is 4.90 Å². The first kappa shape index (κ1) is 23.3. The molecule has 0 radical (unpaired) electrons. The van der Waals surface area contributed by atoms with E-state index in [2.05, 4.69) is 0 Å². The molecule has 7 heteroatoms. The van der Waals surface area contributed by atoms with E-state index in [9.17, 15) is 14.4 Å². The number of piperidine rings is 1. The predicted octanol–water partition coefficient (Wildman–Crippen LogP) is 3.61. The highest BCUT2D eigenvalue weighted by Gasteiger charge is 2.40. The molecule has 0 aromatic heterocycles. The van der Waals surface area contributed by atoms with Gasteiger partial charge in [-0.05, 0) is 51.5 Å². The van der Waals surface area contributed by atoms with Crippen molar-refractivity contribution < 1.29 is 23.9 Å². The molecule has 3 amide bonds. The first-order valence-electron chi connectivity index (χ1n) is 11.1. The van der Waals surface area contributed by atoms with Crippen molar-refractivity contribution in [3.8, 4) is 0 Å². The minimum atomic E-state index is -0.505. The molecular formula is C24H34N2O5.